The molecule has 0 aliphatic carbocycles. The first-order valence-corrected chi connectivity index (χ1v) is 11.5. The summed E-state index contributed by atoms with van der Waals surface area (Å²) in [6.07, 6.45) is 3.60. The van der Waals surface area contributed by atoms with Crippen LogP contribution in [-0.2, 0) is 6.54 Å². The number of nitrogens with one attached hydrogen (secondary N) is 1. The molecule has 0 saturated carbocycles. The van der Waals surface area contributed by atoms with E-state index < -0.39 is 0 Å². The number of piperazine rings is 1. The van der Waals surface area contributed by atoms with Gasteiger partial charge in [-0.2, -0.15) is 0 Å². The molecule has 29 heavy (non-hydrogen) atoms. The minimum Gasteiger partial charge on any atom is -0.338 e. The van der Waals surface area contributed by atoms with Crippen LogP contribution in [0, 0.1) is 18.8 Å². The Hall–Kier alpha value is -1.59. The van der Waals surface area contributed by atoms with Crippen molar-refractivity contribution >= 4 is 6.03 Å². The van der Waals surface area contributed by atoms with Crippen molar-refractivity contribution in [1.82, 2.24) is 20.0 Å². The second kappa shape index (κ2) is 11.0. The molecular formula is C24H40N4O. The Balaban J connectivity index is 1.27. The Bertz CT molecular complexity index is 632. The van der Waals surface area contributed by atoms with Gasteiger partial charge < -0.3 is 15.1 Å². The first-order chi connectivity index (χ1) is 14.0. The summed E-state index contributed by atoms with van der Waals surface area (Å²) < 4.78 is 0. The van der Waals surface area contributed by atoms with Gasteiger partial charge in [0.1, 0.15) is 0 Å². The number of piperidine rings is 1. The molecule has 5 heteroatoms. The van der Waals surface area contributed by atoms with Crippen molar-refractivity contribution in [2.75, 3.05) is 52.4 Å². The smallest absolute Gasteiger partial charge is 0.317 e. The fraction of sp³-hybridized carbons (Fsp3) is 0.708. The molecule has 1 N–H and O–H groups in total. The van der Waals surface area contributed by atoms with Crippen molar-refractivity contribution in [3.8, 4) is 0 Å². The van der Waals surface area contributed by atoms with Crippen LogP contribution in [0.3, 0.4) is 0 Å². The normalized spacial score (nSPS) is 23.9. The minimum absolute atomic E-state index is 0.112. The number of nitrogens with zero attached hydrogens (tertiary/aromatic N) is 3. The monoisotopic (exact) mass is 400 g/mol. The Morgan fingerprint density at radius 1 is 1.03 bits per heavy atom. The van der Waals surface area contributed by atoms with E-state index in [1.807, 2.05) is 4.90 Å². The van der Waals surface area contributed by atoms with Crippen LogP contribution in [0.5, 0.6) is 0 Å². The van der Waals surface area contributed by atoms with Crippen LogP contribution < -0.4 is 5.32 Å². The van der Waals surface area contributed by atoms with Gasteiger partial charge in [0.25, 0.3) is 0 Å². The van der Waals surface area contributed by atoms with Crippen LogP contribution in [0.15, 0.2) is 24.3 Å². The molecule has 2 aliphatic rings. The van der Waals surface area contributed by atoms with Crippen molar-refractivity contribution in [3.05, 3.63) is 35.4 Å². The zero-order chi connectivity index (χ0) is 20.6. The van der Waals surface area contributed by atoms with E-state index in [1.54, 1.807) is 0 Å². The van der Waals surface area contributed by atoms with Gasteiger partial charge in [-0.1, -0.05) is 43.7 Å². The third-order valence-corrected chi connectivity index (χ3v) is 6.27. The first kappa shape index (κ1) is 22.1. The molecule has 2 unspecified atom stereocenters. The molecule has 0 bridgehead atoms. The van der Waals surface area contributed by atoms with Crippen molar-refractivity contribution < 1.29 is 4.79 Å². The Morgan fingerprint density at radius 3 is 2.45 bits per heavy atom. The summed E-state index contributed by atoms with van der Waals surface area (Å²) in [5.74, 6) is 1.64. The zero-order valence-corrected chi connectivity index (χ0v) is 18.7. The maximum absolute atomic E-state index is 12.4. The van der Waals surface area contributed by atoms with Gasteiger partial charge in [-0.25, -0.2) is 4.79 Å². The second-order valence-corrected chi connectivity index (χ2v) is 9.40. The van der Waals surface area contributed by atoms with Crippen LogP contribution in [0.25, 0.3) is 0 Å². The van der Waals surface area contributed by atoms with Gasteiger partial charge in [-0.15, -0.1) is 0 Å². The fourth-order valence-electron chi connectivity index (χ4n) is 4.92. The van der Waals surface area contributed by atoms with Crippen molar-refractivity contribution in [2.24, 2.45) is 11.8 Å². The number of hydrogen-bond donors (Lipinski definition) is 1. The number of aryl methyl sites for hydroxylation is 1. The lowest BCUT2D eigenvalue weighted by atomic mass is 9.92. The van der Waals surface area contributed by atoms with E-state index >= 15 is 0 Å². The molecule has 162 valence electrons. The SMILES string of the molecule is Cc1cccc(CN2CCN(C(=O)NCCCCN3CC(C)CC(C)C3)CC2)c1. The highest BCUT2D eigenvalue weighted by atomic mass is 16.2. The van der Waals surface area contributed by atoms with Gasteiger partial charge in [0.15, 0.2) is 0 Å². The van der Waals surface area contributed by atoms with Crippen molar-refractivity contribution in [1.29, 1.82) is 0 Å². The number of unbranched alkanes of at least 4 members (excludes halogenated alkanes) is 1. The molecule has 2 fully saturated rings. The van der Waals surface area contributed by atoms with E-state index in [2.05, 4.69) is 60.2 Å². The fourth-order valence-corrected chi connectivity index (χ4v) is 4.92. The Morgan fingerprint density at radius 2 is 1.76 bits per heavy atom. The van der Waals surface area contributed by atoms with E-state index in [1.165, 1.54) is 43.6 Å². The number of carbonyl (C=O) groups is 1. The third kappa shape index (κ3) is 7.31. The molecule has 5 nitrogen and oxygen atoms in total. The number of carbonyl (C=O) groups excluding carboxylic acids is 1. The topological polar surface area (TPSA) is 38.8 Å². The molecule has 2 heterocycles. The van der Waals surface area contributed by atoms with Crippen molar-refractivity contribution in [3.63, 3.8) is 0 Å². The summed E-state index contributed by atoms with van der Waals surface area (Å²) in [4.78, 5) is 19.5. The summed E-state index contributed by atoms with van der Waals surface area (Å²) in [7, 11) is 0. The quantitative estimate of drug-likeness (QED) is 0.711. The lowest BCUT2D eigenvalue weighted by Crippen LogP contribution is -2.51. The highest BCUT2D eigenvalue weighted by molar-refractivity contribution is 5.74. The van der Waals surface area contributed by atoms with Crippen LogP contribution >= 0.6 is 0 Å². The Kier molecular flexibility index (Phi) is 8.37. The maximum Gasteiger partial charge on any atom is 0.317 e. The van der Waals surface area contributed by atoms with Gasteiger partial charge in [-0.3, -0.25) is 4.90 Å². The molecular weight excluding hydrogens is 360 g/mol. The minimum atomic E-state index is 0.112. The van der Waals surface area contributed by atoms with Crippen molar-refractivity contribution in [2.45, 2.75) is 46.6 Å². The number of likely N-dealkylation sites (tertiary alicyclic amines) is 1. The van der Waals surface area contributed by atoms with E-state index in [4.69, 9.17) is 0 Å². The molecule has 2 amide bonds. The lowest BCUT2D eigenvalue weighted by molar-refractivity contribution is 0.133. The van der Waals surface area contributed by atoms with Crippen LogP contribution in [-0.4, -0.2) is 73.1 Å². The number of rotatable bonds is 7. The van der Waals surface area contributed by atoms with Crippen LogP contribution in [0.2, 0.25) is 0 Å². The summed E-state index contributed by atoms with van der Waals surface area (Å²) >= 11 is 0. The summed E-state index contributed by atoms with van der Waals surface area (Å²) in [6.45, 7) is 15.8. The van der Waals surface area contributed by atoms with E-state index in [0.717, 1.165) is 57.5 Å². The molecule has 3 rings (SSSR count). The molecule has 2 saturated heterocycles. The molecule has 2 atom stereocenters. The summed E-state index contributed by atoms with van der Waals surface area (Å²) in [6, 6.07) is 8.82. The van der Waals surface area contributed by atoms with Gasteiger partial charge >= 0.3 is 6.03 Å². The average molecular weight is 401 g/mol. The number of amides is 2. The molecule has 0 spiro atoms. The molecule has 2 aliphatic heterocycles. The first-order valence-electron chi connectivity index (χ1n) is 11.5. The van der Waals surface area contributed by atoms with Gasteiger partial charge in [0.2, 0.25) is 0 Å². The highest BCUT2D eigenvalue weighted by Gasteiger charge is 2.22. The highest BCUT2D eigenvalue weighted by Crippen LogP contribution is 2.21. The number of benzene rings is 1. The zero-order valence-electron chi connectivity index (χ0n) is 18.7. The van der Waals surface area contributed by atoms with Gasteiger partial charge in [-0.05, 0) is 50.1 Å². The number of urea groups is 1. The predicted molar refractivity (Wildman–Crippen MR) is 120 cm³/mol. The van der Waals surface area contributed by atoms with E-state index in [-0.39, 0.29) is 6.03 Å². The van der Waals surface area contributed by atoms with Gasteiger partial charge in [0, 0.05) is 52.4 Å². The van der Waals surface area contributed by atoms with Crippen LogP contribution in [0.4, 0.5) is 4.79 Å². The third-order valence-electron chi connectivity index (χ3n) is 6.27. The lowest BCUT2D eigenvalue weighted by Gasteiger charge is -2.35. The standard InChI is InChI=1S/C24H40N4O/c1-20-7-6-8-23(16-20)19-26-11-13-28(14-12-26)24(29)25-9-4-5-10-27-17-21(2)15-22(3)18-27/h6-8,16,21-22H,4-5,9-15,17-19H2,1-3H3,(H,25,29). The van der Waals surface area contributed by atoms with Crippen LogP contribution in [0.1, 0.15) is 44.2 Å². The maximum atomic E-state index is 12.4. The molecule has 0 aromatic heterocycles. The Labute approximate surface area is 177 Å². The van der Waals surface area contributed by atoms with Gasteiger partial charge in [0.05, 0.1) is 0 Å². The second-order valence-electron chi connectivity index (χ2n) is 9.40. The molecule has 1 aromatic rings. The largest absolute Gasteiger partial charge is 0.338 e. The predicted octanol–water partition coefficient (Wildman–Crippen LogP) is 3.58. The van der Waals surface area contributed by atoms with E-state index in [0.29, 0.717) is 0 Å². The number of hydrogen-bond acceptors (Lipinski definition) is 3. The summed E-state index contributed by atoms with van der Waals surface area (Å²) in [5.41, 5.74) is 2.67. The summed E-state index contributed by atoms with van der Waals surface area (Å²) in [5, 5.41) is 3.13. The van der Waals surface area contributed by atoms with E-state index in [9.17, 15) is 4.79 Å². The molecule has 1 aromatic carbocycles. The average Bonchev–Trinajstić information content (AvgIpc) is 2.67. The molecule has 0 radical (unpaired) electrons.